The van der Waals surface area contributed by atoms with Gasteiger partial charge >= 0.3 is 0 Å². The molecule has 0 aromatic rings. The fourth-order valence-corrected chi connectivity index (χ4v) is 1.24. The molecule has 0 unspecified atom stereocenters. The Bertz CT molecular complexity index is 346. The van der Waals surface area contributed by atoms with Crippen LogP contribution in [0.1, 0.15) is 54.9 Å². The molecule has 0 bridgehead atoms. The van der Waals surface area contributed by atoms with Gasteiger partial charge in [0.25, 0.3) is 0 Å². The number of hydrogen-bond acceptors (Lipinski definition) is 1. The summed E-state index contributed by atoms with van der Waals surface area (Å²) in [7, 11) is 0. The third-order valence-corrected chi connectivity index (χ3v) is 2.81. The summed E-state index contributed by atoms with van der Waals surface area (Å²) in [6.45, 7) is 15.1. The minimum atomic E-state index is 0.216. The Morgan fingerprint density at radius 2 is 1.76 bits per heavy atom. The van der Waals surface area contributed by atoms with Crippen LogP contribution < -0.4 is 0 Å². The van der Waals surface area contributed by atoms with Gasteiger partial charge in [-0.2, -0.15) is 0 Å². The average molecular weight is 233 g/mol. The van der Waals surface area contributed by atoms with Gasteiger partial charge in [-0.1, -0.05) is 51.5 Å². The Morgan fingerprint density at radius 3 is 2.18 bits per heavy atom. The lowest BCUT2D eigenvalue weighted by atomic mass is 9.86. The summed E-state index contributed by atoms with van der Waals surface area (Å²) in [5.41, 5.74) is 3.91. The first-order valence-corrected chi connectivity index (χ1v) is 6.37. The topological polar surface area (TPSA) is 12.4 Å². The van der Waals surface area contributed by atoms with Crippen molar-refractivity contribution in [1.29, 1.82) is 0 Å². The van der Waals surface area contributed by atoms with Crippen molar-refractivity contribution in [3.63, 3.8) is 0 Å². The Labute approximate surface area is 107 Å². The lowest BCUT2D eigenvalue weighted by Crippen LogP contribution is -2.08. The van der Waals surface area contributed by atoms with Crippen LogP contribution in [0.3, 0.4) is 0 Å². The second-order valence-electron chi connectivity index (χ2n) is 5.34. The summed E-state index contributed by atoms with van der Waals surface area (Å²) in [5, 5.41) is 0. The summed E-state index contributed by atoms with van der Waals surface area (Å²) >= 11 is 0. The van der Waals surface area contributed by atoms with Crippen molar-refractivity contribution in [2.24, 2.45) is 10.4 Å². The van der Waals surface area contributed by atoms with Gasteiger partial charge in [0.15, 0.2) is 0 Å². The lowest BCUT2D eigenvalue weighted by Gasteiger charge is -2.20. The Hall–Kier alpha value is -1.11. The van der Waals surface area contributed by atoms with Crippen molar-refractivity contribution in [1.82, 2.24) is 0 Å². The fraction of sp³-hybridized carbons (Fsp3) is 0.562. The molecular formula is C16H27N. The van der Waals surface area contributed by atoms with Gasteiger partial charge in [-0.15, -0.1) is 0 Å². The molecule has 17 heavy (non-hydrogen) atoms. The van der Waals surface area contributed by atoms with Gasteiger partial charge in [-0.25, -0.2) is 0 Å². The minimum Gasteiger partial charge on any atom is -0.261 e. The van der Waals surface area contributed by atoms with Crippen LogP contribution in [-0.4, -0.2) is 5.71 Å². The van der Waals surface area contributed by atoms with E-state index in [0.29, 0.717) is 0 Å². The maximum atomic E-state index is 4.42. The van der Waals surface area contributed by atoms with Crippen LogP contribution in [0, 0.1) is 5.41 Å². The van der Waals surface area contributed by atoms with Crippen molar-refractivity contribution >= 4 is 5.71 Å². The molecule has 1 nitrogen and oxygen atoms in total. The van der Waals surface area contributed by atoms with Gasteiger partial charge in [-0.05, 0) is 38.2 Å². The highest BCUT2D eigenvalue weighted by Gasteiger charge is 2.13. The van der Waals surface area contributed by atoms with Gasteiger partial charge in [0.1, 0.15) is 0 Å². The van der Waals surface area contributed by atoms with E-state index in [4.69, 9.17) is 0 Å². The average Bonchev–Trinajstić information content (AvgIpc) is 2.23. The minimum absolute atomic E-state index is 0.216. The second-order valence-corrected chi connectivity index (χ2v) is 5.34. The molecule has 0 saturated carbocycles. The normalized spacial score (nSPS) is 15.8. The van der Waals surface area contributed by atoms with Gasteiger partial charge in [0.05, 0.1) is 0 Å². The molecule has 0 aliphatic rings. The van der Waals surface area contributed by atoms with E-state index < -0.39 is 0 Å². The first kappa shape index (κ1) is 15.9. The molecular weight excluding hydrogens is 206 g/mol. The van der Waals surface area contributed by atoms with Crippen LogP contribution in [0.4, 0.5) is 0 Å². The summed E-state index contributed by atoms with van der Waals surface area (Å²) in [4.78, 5) is 4.42. The zero-order valence-electron chi connectivity index (χ0n) is 12.5. The van der Waals surface area contributed by atoms with Crippen molar-refractivity contribution in [3.05, 3.63) is 35.6 Å². The van der Waals surface area contributed by atoms with Gasteiger partial charge in [0, 0.05) is 11.9 Å². The highest BCUT2D eigenvalue weighted by Crippen LogP contribution is 2.26. The van der Waals surface area contributed by atoms with E-state index >= 15 is 0 Å². The molecule has 0 rings (SSSR count). The summed E-state index contributed by atoms with van der Waals surface area (Å²) < 4.78 is 0. The van der Waals surface area contributed by atoms with Crippen LogP contribution in [0.5, 0.6) is 0 Å². The smallest absolute Gasteiger partial charge is 0.0441 e. The van der Waals surface area contributed by atoms with Crippen LogP contribution in [-0.2, 0) is 0 Å². The molecule has 0 radical (unpaired) electrons. The van der Waals surface area contributed by atoms with Crippen LogP contribution in [0.15, 0.2) is 40.6 Å². The summed E-state index contributed by atoms with van der Waals surface area (Å²) in [5.74, 6) is 0. The van der Waals surface area contributed by atoms with Crippen LogP contribution >= 0.6 is 0 Å². The number of nitrogens with zero attached hydrogens (tertiary/aromatic N) is 1. The van der Waals surface area contributed by atoms with Gasteiger partial charge in [0.2, 0.25) is 0 Å². The SMILES string of the molecule is C\C=C/N=C(C)\C(=C/CC)\C=C(/C)C(C)(C)C. The third-order valence-electron chi connectivity index (χ3n) is 2.81. The van der Waals surface area contributed by atoms with Crippen molar-refractivity contribution in [3.8, 4) is 0 Å². The fourth-order valence-electron chi connectivity index (χ4n) is 1.24. The molecule has 1 heteroatoms. The predicted molar refractivity (Wildman–Crippen MR) is 79.5 cm³/mol. The Kier molecular flexibility index (Phi) is 6.79. The number of allylic oxidation sites excluding steroid dienone is 5. The van der Waals surface area contributed by atoms with E-state index in [-0.39, 0.29) is 5.41 Å². The summed E-state index contributed by atoms with van der Waals surface area (Å²) in [6, 6.07) is 0. The van der Waals surface area contributed by atoms with Crippen molar-refractivity contribution in [2.75, 3.05) is 0 Å². The van der Waals surface area contributed by atoms with Gasteiger partial charge in [-0.3, -0.25) is 4.99 Å². The highest BCUT2D eigenvalue weighted by atomic mass is 14.7. The van der Waals surface area contributed by atoms with Crippen molar-refractivity contribution < 1.29 is 0 Å². The standard InChI is InChI=1S/C16H27N/c1-8-10-15(14(4)17-11-9-2)12-13(3)16(5,6)7/h9-12H,8H2,1-7H3/b11-9-,13-12+,15-10-,17-14-. The van der Waals surface area contributed by atoms with Crippen LogP contribution in [0.25, 0.3) is 0 Å². The van der Waals surface area contributed by atoms with E-state index in [9.17, 15) is 0 Å². The molecule has 0 aromatic heterocycles. The maximum absolute atomic E-state index is 4.42. The second kappa shape index (κ2) is 7.26. The van der Waals surface area contributed by atoms with E-state index in [1.54, 1.807) is 0 Å². The molecule has 0 saturated heterocycles. The van der Waals surface area contributed by atoms with Gasteiger partial charge < -0.3 is 0 Å². The van der Waals surface area contributed by atoms with E-state index in [1.165, 1.54) is 11.1 Å². The Balaban J connectivity index is 5.23. The molecule has 0 N–H and O–H groups in total. The zero-order valence-corrected chi connectivity index (χ0v) is 12.5. The number of aliphatic imine (C=N–C) groups is 1. The van der Waals surface area contributed by atoms with Crippen LogP contribution in [0.2, 0.25) is 0 Å². The quantitative estimate of drug-likeness (QED) is 0.461. The maximum Gasteiger partial charge on any atom is 0.0441 e. The van der Waals surface area contributed by atoms with E-state index in [0.717, 1.165) is 12.1 Å². The Morgan fingerprint density at radius 1 is 1.18 bits per heavy atom. The number of hydrogen-bond donors (Lipinski definition) is 0. The monoisotopic (exact) mass is 233 g/mol. The molecule has 0 aliphatic carbocycles. The molecule has 0 fully saturated rings. The van der Waals surface area contributed by atoms with E-state index in [1.807, 2.05) is 19.2 Å². The summed E-state index contributed by atoms with van der Waals surface area (Å²) in [6.07, 6.45) is 9.32. The molecule has 0 aliphatic heterocycles. The predicted octanol–water partition coefficient (Wildman–Crippen LogP) is 5.31. The molecule has 0 aromatic carbocycles. The first-order chi connectivity index (χ1) is 7.82. The lowest BCUT2D eigenvalue weighted by molar-refractivity contribution is 0.504. The highest BCUT2D eigenvalue weighted by molar-refractivity contribution is 6.01. The molecule has 0 spiro atoms. The third kappa shape index (κ3) is 6.25. The molecule has 0 heterocycles. The van der Waals surface area contributed by atoms with E-state index in [2.05, 4.69) is 58.7 Å². The first-order valence-electron chi connectivity index (χ1n) is 6.37. The molecule has 0 atom stereocenters. The largest absolute Gasteiger partial charge is 0.261 e. The number of rotatable bonds is 4. The zero-order chi connectivity index (χ0) is 13.5. The molecule has 0 amide bonds. The molecule has 96 valence electrons. The van der Waals surface area contributed by atoms with Crippen molar-refractivity contribution in [2.45, 2.75) is 54.9 Å².